The third-order valence-corrected chi connectivity index (χ3v) is 4.10. The summed E-state index contributed by atoms with van der Waals surface area (Å²) in [5, 5.41) is 2.59. The predicted molar refractivity (Wildman–Crippen MR) is 85.2 cm³/mol. The van der Waals surface area contributed by atoms with Gasteiger partial charge in [0.15, 0.2) is 0 Å². The molecule has 3 N–H and O–H groups in total. The lowest BCUT2D eigenvalue weighted by atomic mass is 10.1. The molecular weight excluding hydrogens is 320 g/mol. The molecule has 6 nitrogen and oxygen atoms in total. The van der Waals surface area contributed by atoms with Gasteiger partial charge in [0.25, 0.3) is 5.92 Å². The number of amides is 3. The van der Waals surface area contributed by atoms with Gasteiger partial charge in [-0.05, 0) is 19.8 Å². The number of likely N-dealkylation sites (tertiary alicyclic amines) is 1. The molecule has 1 aliphatic heterocycles. The fourth-order valence-electron chi connectivity index (χ4n) is 2.75. The molecule has 1 rings (SSSR count). The number of carbonyl (C=O) groups excluding carboxylic acids is 3. The number of rotatable bonds is 9. The molecule has 3 amide bonds. The average molecular weight is 347 g/mol. The first-order valence-corrected chi connectivity index (χ1v) is 8.42. The van der Waals surface area contributed by atoms with E-state index >= 15 is 0 Å². The van der Waals surface area contributed by atoms with Crippen LogP contribution in [0, 0.1) is 0 Å². The summed E-state index contributed by atoms with van der Waals surface area (Å²) in [5.41, 5.74) is 5.05. The standard InChI is InChI=1S/C16H27F2N3O3/c1-3-4-5-6-14(23)21-10-16(17,18)9-12(21)15(24)20-11(2)7-8-13(19)22/h11-12H,3-10H2,1-2H3,(H2,19,22)(H,20,24). The van der Waals surface area contributed by atoms with Crippen LogP contribution in [0.3, 0.4) is 0 Å². The van der Waals surface area contributed by atoms with Crippen LogP contribution < -0.4 is 11.1 Å². The molecule has 2 atom stereocenters. The van der Waals surface area contributed by atoms with E-state index in [4.69, 9.17) is 5.73 Å². The first-order valence-electron chi connectivity index (χ1n) is 8.42. The minimum absolute atomic E-state index is 0.0991. The molecule has 0 bridgehead atoms. The Morgan fingerprint density at radius 2 is 1.96 bits per heavy atom. The highest BCUT2D eigenvalue weighted by molar-refractivity contribution is 5.88. The molecule has 0 aromatic carbocycles. The summed E-state index contributed by atoms with van der Waals surface area (Å²) < 4.78 is 27.4. The van der Waals surface area contributed by atoms with Gasteiger partial charge in [0.1, 0.15) is 6.04 Å². The lowest BCUT2D eigenvalue weighted by molar-refractivity contribution is -0.139. The second kappa shape index (κ2) is 8.94. The van der Waals surface area contributed by atoms with Crippen LogP contribution in [0.2, 0.25) is 0 Å². The average Bonchev–Trinajstić information content (AvgIpc) is 2.81. The van der Waals surface area contributed by atoms with Gasteiger partial charge < -0.3 is 16.0 Å². The van der Waals surface area contributed by atoms with E-state index in [1.165, 1.54) is 0 Å². The molecule has 1 heterocycles. The van der Waals surface area contributed by atoms with Crippen molar-refractivity contribution in [2.75, 3.05) is 6.54 Å². The van der Waals surface area contributed by atoms with E-state index < -0.39 is 42.7 Å². The van der Waals surface area contributed by atoms with E-state index in [9.17, 15) is 23.2 Å². The number of nitrogens with zero attached hydrogens (tertiary/aromatic N) is 1. The van der Waals surface area contributed by atoms with Crippen LogP contribution in [0.5, 0.6) is 0 Å². The van der Waals surface area contributed by atoms with Gasteiger partial charge in [0, 0.05) is 25.3 Å². The van der Waals surface area contributed by atoms with Crippen molar-refractivity contribution in [3.8, 4) is 0 Å². The molecule has 1 aliphatic rings. The highest BCUT2D eigenvalue weighted by Crippen LogP contribution is 2.33. The molecule has 1 saturated heterocycles. The van der Waals surface area contributed by atoms with Crippen LogP contribution in [0.4, 0.5) is 8.78 Å². The zero-order valence-corrected chi connectivity index (χ0v) is 14.3. The maximum Gasteiger partial charge on any atom is 0.267 e. The second-order valence-corrected chi connectivity index (χ2v) is 6.47. The van der Waals surface area contributed by atoms with E-state index in [1.807, 2.05) is 6.92 Å². The van der Waals surface area contributed by atoms with Gasteiger partial charge in [-0.1, -0.05) is 19.8 Å². The van der Waals surface area contributed by atoms with Crippen molar-refractivity contribution in [1.82, 2.24) is 10.2 Å². The summed E-state index contributed by atoms with van der Waals surface area (Å²) in [6, 6.07) is -1.54. The van der Waals surface area contributed by atoms with Gasteiger partial charge in [-0.3, -0.25) is 14.4 Å². The molecule has 138 valence electrons. The minimum Gasteiger partial charge on any atom is -0.370 e. The number of primary amides is 1. The van der Waals surface area contributed by atoms with Crippen molar-refractivity contribution in [3.05, 3.63) is 0 Å². The molecule has 0 spiro atoms. The van der Waals surface area contributed by atoms with Crippen LogP contribution in [0.15, 0.2) is 0 Å². The Kier molecular flexibility index (Phi) is 7.57. The Labute approximate surface area is 141 Å². The van der Waals surface area contributed by atoms with Gasteiger partial charge >= 0.3 is 0 Å². The Balaban J connectivity index is 2.65. The normalized spacial score (nSPS) is 20.7. The third kappa shape index (κ3) is 6.41. The van der Waals surface area contributed by atoms with Crippen molar-refractivity contribution in [1.29, 1.82) is 0 Å². The van der Waals surface area contributed by atoms with Crippen LogP contribution in [0.1, 0.15) is 58.8 Å². The van der Waals surface area contributed by atoms with Gasteiger partial charge in [0.05, 0.1) is 6.54 Å². The van der Waals surface area contributed by atoms with E-state index in [0.29, 0.717) is 12.8 Å². The van der Waals surface area contributed by atoms with E-state index in [0.717, 1.165) is 17.7 Å². The predicted octanol–water partition coefficient (Wildman–Crippen LogP) is 1.57. The minimum atomic E-state index is -3.06. The van der Waals surface area contributed by atoms with Gasteiger partial charge in [-0.25, -0.2) is 8.78 Å². The zero-order chi connectivity index (χ0) is 18.3. The number of unbranched alkanes of at least 4 members (excludes halogenated alkanes) is 2. The highest BCUT2D eigenvalue weighted by Gasteiger charge is 2.49. The molecule has 0 saturated carbocycles. The second-order valence-electron chi connectivity index (χ2n) is 6.47. The van der Waals surface area contributed by atoms with E-state index in [2.05, 4.69) is 5.32 Å². The fraction of sp³-hybridized carbons (Fsp3) is 0.812. The summed E-state index contributed by atoms with van der Waals surface area (Å²) in [4.78, 5) is 36.2. The smallest absolute Gasteiger partial charge is 0.267 e. The van der Waals surface area contributed by atoms with Crippen molar-refractivity contribution in [2.45, 2.75) is 76.8 Å². The molecule has 1 fully saturated rings. The van der Waals surface area contributed by atoms with Crippen molar-refractivity contribution in [2.24, 2.45) is 5.73 Å². The number of hydrogen-bond donors (Lipinski definition) is 2. The summed E-state index contributed by atoms with van der Waals surface area (Å²) in [7, 11) is 0. The van der Waals surface area contributed by atoms with Crippen LogP contribution in [0.25, 0.3) is 0 Å². The van der Waals surface area contributed by atoms with Crippen molar-refractivity contribution < 1.29 is 23.2 Å². The lowest BCUT2D eigenvalue weighted by Gasteiger charge is -2.25. The maximum atomic E-state index is 13.7. The Morgan fingerprint density at radius 3 is 2.54 bits per heavy atom. The first kappa shape index (κ1) is 20.3. The van der Waals surface area contributed by atoms with Crippen molar-refractivity contribution in [3.63, 3.8) is 0 Å². The van der Waals surface area contributed by atoms with Crippen LogP contribution >= 0.6 is 0 Å². The number of nitrogens with two attached hydrogens (primary N) is 1. The number of hydrogen-bond acceptors (Lipinski definition) is 3. The maximum absolute atomic E-state index is 13.7. The number of halogens is 2. The van der Waals surface area contributed by atoms with Crippen molar-refractivity contribution >= 4 is 17.7 Å². The largest absolute Gasteiger partial charge is 0.370 e. The van der Waals surface area contributed by atoms with Crippen LogP contribution in [-0.4, -0.2) is 47.2 Å². The molecule has 0 aliphatic carbocycles. The third-order valence-electron chi connectivity index (χ3n) is 4.10. The number of alkyl halides is 2. The Bertz CT molecular complexity index is 471. The molecule has 0 radical (unpaired) electrons. The SMILES string of the molecule is CCCCCC(=O)N1CC(F)(F)CC1C(=O)NC(C)CCC(N)=O. The summed E-state index contributed by atoms with van der Waals surface area (Å²) in [6.45, 7) is 2.94. The topological polar surface area (TPSA) is 92.5 Å². The molecule has 2 unspecified atom stereocenters. The number of carbonyl (C=O) groups is 3. The monoisotopic (exact) mass is 347 g/mol. The molecule has 24 heavy (non-hydrogen) atoms. The summed E-state index contributed by atoms with van der Waals surface area (Å²) in [6.07, 6.45) is 2.32. The van der Waals surface area contributed by atoms with Gasteiger partial charge in [-0.15, -0.1) is 0 Å². The number of nitrogens with one attached hydrogen (secondary N) is 1. The Hall–Kier alpha value is -1.73. The molecular formula is C16H27F2N3O3. The lowest BCUT2D eigenvalue weighted by Crippen LogP contribution is -2.48. The van der Waals surface area contributed by atoms with Gasteiger partial charge in [-0.2, -0.15) is 0 Å². The van der Waals surface area contributed by atoms with Gasteiger partial charge in [0.2, 0.25) is 17.7 Å². The molecule has 0 aromatic heterocycles. The van der Waals surface area contributed by atoms with Crippen LogP contribution in [-0.2, 0) is 14.4 Å². The summed E-state index contributed by atoms with van der Waals surface area (Å²) in [5.74, 6) is -4.56. The highest BCUT2D eigenvalue weighted by atomic mass is 19.3. The fourth-order valence-corrected chi connectivity index (χ4v) is 2.75. The zero-order valence-electron chi connectivity index (χ0n) is 14.3. The molecule has 0 aromatic rings. The first-order chi connectivity index (χ1) is 11.2. The van der Waals surface area contributed by atoms with E-state index in [-0.39, 0.29) is 18.9 Å². The molecule has 8 heteroatoms. The summed E-state index contributed by atoms with van der Waals surface area (Å²) >= 11 is 0. The van der Waals surface area contributed by atoms with E-state index in [1.54, 1.807) is 6.92 Å². The Morgan fingerprint density at radius 1 is 1.29 bits per heavy atom. The quantitative estimate of drug-likeness (QED) is 0.620.